The van der Waals surface area contributed by atoms with Crippen LogP contribution in [0.15, 0.2) is 40.1 Å². The summed E-state index contributed by atoms with van der Waals surface area (Å²) in [4.78, 5) is 32.3. The molecule has 0 radical (unpaired) electrons. The maximum atomic E-state index is 12.8. The van der Waals surface area contributed by atoms with E-state index in [1.54, 1.807) is 34.1 Å². The van der Waals surface area contributed by atoms with Crippen LogP contribution in [-0.4, -0.2) is 40.5 Å². The number of likely N-dealkylation sites (tertiary alicyclic amines) is 1. The van der Waals surface area contributed by atoms with E-state index < -0.39 is 6.04 Å². The van der Waals surface area contributed by atoms with Crippen molar-refractivity contribution < 1.29 is 9.59 Å². The predicted molar refractivity (Wildman–Crippen MR) is 108 cm³/mol. The van der Waals surface area contributed by atoms with E-state index in [0.717, 1.165) is 26.7 Å². The number of fused-ring (bicyclic) bond motifs is 1. The van der Waals surface area contributed by atoms with Crippen molar-refractivity contribution in [1.82, 2.24) is 9.88 Å². The maximum absolute atomic E-state index is 12.8. The molecular weight excluding hydrogens is 386 g/mol. The lowest BCUT2D eigenvalue weighted by Crippen LogP contribution is -2.42. The summed E-state index contributed by atoms with van der Waals surface area (Å²) >= 11 is 4.64. The first-order chi connectivity index (χ1) is 12.7. The van der Waals surface area contributed by atoms with Crippen LogP contribution in [-0.2, 0) is 4.79 Å². The van der Waals surface area contributed by atoms with Crippen molar-refractivity contribution in [3.8, 4) is 0 Å². The number of benzene rings is 1. The Labute approximate surface area is 163 Å². The number of carbonyl (C=O) groups excluding carboxylic acids is 2. The fourth-order valence-electron chi connectivity index (χ4n) is 3.12. The number of anilines is 1. The van der Waals surface area contributed by atoms with Gasteiger partial charge in [0.1, 0.15) is 6.04 Å². The Bertz CT molecular complexity index is 952. The number of hydrogen-bond donors (Lipinski definition) is 1. The lowest BCUT2D eigenvalue weighted by atomic mass is 10.2. The largest absolute Gasteiger partial charge is 0.326 e. The van der Waals surface area contributed by atoms with Crippen LogP contribution in [0.2, 0.25) is 0 Å². The van der Waals surface area contributed by atoms with Gasteiger partial charge in [0.25, 0.3) is 5.91 Å². The van der Waals surface area contributed by atoms with Crippen molar-refractivity contribution in [2.45, 2.75) is 23.2 Å². The second-order valence-corrected chi connectivity index (χ2v) is 9.02. The molecule has 3 aromatic rings. The van der Waals surface area contributed by atoms with Gasteiger partial charge in [-0.1, -0.05) is 17.8 Å². The molecule has 0 spiro atoms. The molecule has 1 saturated heterocycles. The third kappa shape index (κ3) is 3.36. The maximum Gasteiger partial charge on any atom is 0.264 e. The molecule has 1 aliphatic rings. The van der Waals surface area contributed by atoms with Gasteiger partial charge in [0.2, 0.25) is 5.91 Å². The molecule has 0 unspecified atom stereocenters. The summed E-state index contributed by atoms with van der Waals surface area (Å²) in [6.45, 7) is 0.625. The highest BCUT2D eigenvalue weighted by Crippen LogP contribution is 2.30. The van der Waals surface area contributed by atoms with Crippen LogP contribution in [0.1, 0.15) is 22.5 Å². The van der Waals surface area contributed by atoms with Crippen LogP contribution in [0.3, 0.4) is 0 Å². The molecule has 5 nitrogen and oxygen atoms in total. The summed E-state index contributed by atoms with van der Waals surface area (Å²) in [5.41, 5.74) is 1.68. The van der Waals surface area contributed by atoms with E-state index in [2.05, 4.69) is 10.3 Å². The van der Waals surface area contributed by atoms with E-state index in [1.807, 2.05) is 35.9 Å². The molecule has 1 aromatic carbocycles. The van der Waals surface area contributed by atoms with Crippen molar-refractivity contribution in [3.63, 3.8) is 0 Å². The minimum absolute atomic E-state index is 0.0554. The zero-order valence-electron chi connectivity index (χ0n) is 14.1. The fraction of sp³-hybridized carbons (Fsp3) is 0.278. The molecular formula is C18H17N3O2S3. The van der Waals surface area contributed by atoms with E-state index in [4.69, 9.17) is 0 Å². The van der Waals surface area contributed by atoms with Gasteiger partial charge < -0.3 is 10.2 Å². The first-order valence-corrected chi connectivity index (χ1v) is 11.2. The van der Waals surface area contributed by atoms with Crippen molar-refractivity contribution in [2.75, 3.05) is 18.1 Å². The number of rotatable bonds is 4. The van der Waals surface area contributed by atoms with Crippen LogP contribution < -0.4 is 5.32 Å². The van der Waals surface area contributed by atoms with E-state index in [1.165, 1.54) is 11.3 Å². The number of thioether (sulfide) groups is 1. The first kappa shape index (κ1) is 17.5. The van der Waals surface area contributed by atoms with Crippen LogP contribution in [0.5, 0.6) is 0 Å². The van der Waals surface area contributed by atoms with E-state index in [-0.39, 0.29) is 11.8 Å². The van der Waals surface area contributed by atoms with E-state index in [9.17, 15) is 9.59 Å². The van der Waals surface area contributed by atoms with Crippen molar-refractivity contribution >= 4 is 62.2 Å². The van der Waals surface area contributed by atoms with E-state index in [0.29, 0.717) is 17.8 Å². The topological polar surface area (TPSA) is 62.3 Å². The molecule has 1 fully saturated rings. The standard InChI is InChI=1S/C18H17N3O2S3/c1-24-18-20-12-7-6-11(10-15(12)26-18)19-16(22)13-4-2-8-21(13)17(23)14-5-3-9-25-14/h3,5-7,9-10,13H,2,4,8H2,1H3,(H,19,22)/t13-/m1/s1. The third-order valence-corrected chi connectivity index (χ3v) is 7.22. The fourth-order valence-corrected chi connectivity index (χ4v) is 5.33. The summed E-state index contributed by atoms with van der Waals surface area (Å²) in [5.74, 6) is -0.179. The van der Waals surface area contributed by atoms with Gasteiger partial charge in [-0.05, 0) is 48.7 Å². The minimum atomic E-state index is -0.413. The number of nitrogens with zero attached hydrogens (tertiary/aromatic N) is 2. The number of hydrogen-bond acceptors (Lipinski definition) is 6. The Morgan fingerprint density at radius 1 is 1.35 bits per heavy atom. The predicted octanol–water partition coefficient (Wildman–Crippen LogP) is 4.32. The Kier molecular flexibility index (Phi) is 4.97. The van der Waals surface area contributed by atoms with Crippen LogP contribution in [0.4, 0.5) is 5.69 Å². The number of aromatic nitrogens is 1. The molecule has 0 saturated carbocycles. The minimum Gasteiger partial charge on any atom is -0.326 e. The molecule has 0 bridgehead atoms. The number of carbonyl (C=O) groups is 2. The molecule has 1 aliphatic heterocycles. The van der Waals surface area contributed by atoms with Gasteiger partial charge in [0.05, 0.1) is 15.1 Å². The molecule has 134 valence electrons. The SMILES string of the molecule is CSc1nc2ccc(NC(=O)[C@H]3CCCN3C(=O)c3cccs3)cc2s1. The van der Waals surface area contributed by atoms with Crippen LogP contribution in [0.25, 0.3) is 10.2 Å². The van der Waals surface area contributed by atoms with Gasteiger partial charge in [0.15, 0.2) is 4.34 Å². The second kappa shape index (κ2) is 7.38. The van der Waals surface area contributed by atoms with Crippen molar-refractivity contribution in [3.05, 3.63) is 40.6 Å². The van der Waals surface area contributed by atoms with Crippen molar-refractivity contribution in [2.24, 2.45) is 0 Å². The average Bonchev–Trinajstić information content (AvgIpc) is 3.39. The average molecular weight is 404 g/mol. The molecule has 1 N–H and O–H groups in total. The highest BCUT2D eigenvalue weighted by atomic mass is 32.2. The molecule has 2 aromatic heterocycles. The Morgan fingerprint density at radius 2 is 2.23 bits per heavy atom. The Balaban J connectivity index is 1.51. The quantitative estimate of drug-likeness (QED) is 0.659. The molecule has 8 heteroatoms. The molecule has 1 atom stereocenters. The highest BCUT2D eigenvalue weighted by Gasteiger charge is 2.34. The summed E-state index contributed by atoms with van der Waals surface area (Å²) in [5, 5.41) is 4.86. The lowest BCUT2D eigenvalue weighted by molar-refractivity contribution is -0.119. The van der Waals surface area contributed by atoms with Gasteiger partial charge in [-0.3, -0.25) is 9.59 Å². The zero-order chi connectivity index (χ0) is 18.1. The van der Waals surface area contributed by atoms with Crippen LogP contribution in [0, 0.1) is 0 Å². The highest BCUT2D eigenvalue weighted by molar-refractivity contribution is 8.00. The van der Waals surface area contributed by atoms with Gasteiger partial charge in [-0.15, -0.1) is 22.7 Å². The Morgan fingerprint density at radius 3 is 3.00 bits per heavy atom. The summed E-state index contributed by atoms with van der Waals surface area (Å²) < 4.78 is 2.05. The number of thiazole rings is 1. The molecule has 4 rings (SSSR count). The molecule has 3 heterocycles. The van der Waals surface area contributed by atoms with E-state index >= 15 is 0 Å². The van der Waals surface area contributed by atoms with Gasteiger partial charge >= 0.3 is 0 Å². The monoisotopic (exact) mass is 403 g/mol. The zero-order valence-corrected chi connectivity index (χ0v) is 16.5. The molecule has 0 aliphatic carbocycles. The molecule has 26 heavy (non-hydrogen) atoms. The van der Waals surface area contributed by atoms with Gasteiger partial charge in [-0.25, -0.2) is 4.98 Å². The smallest absolute Gasteiger partial charge is 0.264 e. The third-order valence-electron chi connectivity index (χ3n) is 4.36. The number of amides is 2. The summed E-state index contributed by atoms with van der Waals surface area (Å²) in [7, 11) is 0. The second-order valence-electron chi connectivity index (χ2n) is 5.99. The van der Waals surface area contributed by atoms with Gasteiger partial charge in [0, 0.05) is 12.2 Å². The number of nitrogens with one attached hydrogen (secondary N) is 1. The molecule has 2 amide bonds. The Hall–Kier alpha value is -1.90. The first-order valence-electron chi connectivity index (χ1n) is 8.25. The van der Waals surface area contributed by atoms with Gasteiger partial charge in [-0.2, -0.15) is 0 Å². The normalized spacial score (nSPS) is 17.0. The number of thiophene rings is 1. The lowest BCUT2D eigenvalue weighted by Gasteiger charge is -2.23. The van der Waals surface area contributed by atoms with Crippen LogP contribution >= 0.6 is 34.4 Å². The van der Waals surface area contributed by atoms with Crippen molar-refractivity contribution in [1.29, 1.82) is 0 Å². The summed E-state index contributed by atoms with van der Waals surface area (Å²) in [6, 6.07) is 8.99. The summed E-state index contributed by atoms with van der Waals surface area (Å²) in [6.07, 6.45) is 3.54.